The molecular formula is C20H22N2OS. The molecule has 0 bridgehead atoms. The molecule has 1 aliphatic heterocycles. The third kappa shape index (κ3) is 4.26. The molecule has 1 atom stereocenters. The molecule has 1 aliphatic rings. The van der Waals surface area contributed by atoms with Crippen molar-refractivity contribution < 1.29 is 4.79 Å². The summed E-state index contributed by atoms with van der Waals surface area (Å²) in [6, 6.07) is 20.4. The van der Waals surface area contributed by atoms with Crippen LogP contribution in [0.25, 0.3) is 0 Å². The van der Waals surface area contributed by atoms with Crippen molar-refractivity contribution in [2.24, 2.45) is 4.99 Å². The fourth-order valence-corrected chi connectivity index (χ4v) is 3.78. The molecular weight excluding hydrogens is 316 g/mol. The van der Waals surface area contributed by atoms with E-state index in [-0.39, 0.29) is 11.9 Å². The van der Waals surface area contributed by atoms with Gasteiger partial charge in [0.05, 0.1) is 6.04 Å². The minimum Gasteiger partial charge on any atom is -0.291 e. The van der Waals surface area contributed by atoms with Crippen LogP contribution in [0.2, 0.25) is 0 Å². The van der Waals surface area contributed by atoms with Crippen LogP contribution < -0.4 is 0 Å². The molecule has 0 saturated carbocycles. The molecule has 0 aliphatic carbocycles. The Morgan fingerprint density at radius 2 is 1.79 bits per heavy atom. The molecule has 1 fully saturated rings. The van der Waals surface area contributed by atoms with Gasteiger partial charge in [-0.25, -0.2) is 0 Å². The maximum absolute atomic E-state index is 12.6. The number of nitrogens with zero attached hydrogens (tertiary/aromatic N) is 2. The average molecular weight is 338 g/mol. The van der Waals surface area contributed by atoms with E-state index < -0.39 is 0 Å². The Morgan fingerprint density at radius 1 is 1.12 bits per heavy atom. The van der Waals surface area contributed by atoms with Gasteiger partial charge in [-0.05, 0) is 24.5 Å². The molecule has 4 heteroatoms. The smallest absolute Gasteiger partial charge is 0.228 e. The minimum absolute atomic E-state index is 0.0659. The quantitative estimate of drug-likeness (QED) is 0.814. The highest BCUT2D eigenvalue weighted by molar-refractivity contribution is 8.14. The molecule has 0 spiro atoms. The first kappa shape index (κ1) is 16.8. The van der Waals surface area contributed by atoms with Crippen LogP contribution in [0.4, 0.5) is 0 Å². The van der Waals surface area contributed by atoms with Crippen LogP contribution in [0.1, 0.15) is 30.5 Å². The normalized spacial score (nSPS) is 17.2. The number of carbonyl (C=O) groups excluding carboxylic acids is 1. The Morgan fingerprint density at radius 3 is 2.50 bits per heavy atom. The second kappa shape index (κ2) is 8.15. The van der Waals surface area contributed by atoms with E-state index in [1.807, 2.05) is 41.3 Å². The molecule has 0 N–H and O–H groups in total. The van der Waals surface area contributed by atoms with E-state index in [0.29, 0.717) is 6.42 Å². The molecule has 0 unspecified atom stereocenters. The summed E-state index contributed by atoms with van der Waals surface area (Å²) < 4.78 is 0. The molecule has 0 aromatic heterocycles. The van der Waals surface area contributed by atoms with Gasteiger partial charge in [0.25, 0.3) is 0 Å². The maximum atomic E-state index is 12.6. The zero-order valence-corrected chi connectivity index (χ0v) is 14.7. The summed E-state index contributed by atoms with van der Waals surface area (Å²) in [7, 11) is 0. The van der Waals surface area contributed by atoms with Crippen molar-refractivity contribution in [2.75, 3.05) is 12.3 Å². The molecule has 24 heavy (non-hydrogen) atoms. The maximum Gasteiger partial charge on any atom is 0.228 e. The number of aryl methyl sites for hydroxylation is 1. The molecule has 1 saturated heterocycles. The Hall–Kier alpha value is -2.07. The highest BCUT2D eigenvalue weighted by atomic mass is 32.2. The van der Waals surface area contributed by atoms with Crippen molar-refractivity contribution in [3.8, 4) is 0 Å². The van der Waals surface area contributed by atoms with E-state index in [1.54, 1.807) is 11.8 Å². The molecule has 3 nitrogen and oxygen atoms in total. The van der Waals surface area contributed by atoms with E-state index in [0.717, 1.165) is 23.9 Å². The minimum atomic E-state index is 0.0659. The first-order chi connectivity index (χ1) is 11.7. The van der Waals surface area contributed by atoms with Crippen LogP contribution >= 0.6 is 11.8 Å². The summed E-state index contributed by atoms with van der Waals surface area (Å²) in [4.78, 5) is 19.2. The van der Waals surface area contributed by atoms with Gasteiger partial charge >= 0.3 is 0 Å². The number of benzene rings is 2. The summed E-state index contributed by atoms with van der Waals surface area (Å²) in [5.74, 6) is 1.10. The lowest BCUT2D eigenvalue weighted by Gasteiger charge is -2.17. The third-order valence-electron chi connectivity index (χ3n) is 4.13. The van der Waals surface area contributed by atoms with E-state index in [1.165, 1.54) is 11.1 Å². The summed E-state index contributed by atoms with van der Waals surface area (Å²) >= 11 is 1.68. The first-order valence-corrected chi connectivity index (χ1v) is 9.32. The largest absolute Gasteiger partial charge is 0.291 e. The van der Waals surface area contributed by atoms with Crippen molar-refractivity contribution in [1.29, 1.82) is 0 Å². The average Bonchev–Trinajstić information content (AvgIpc) is 3.09. The van der Waals surface area contributed by atoms with Crippen LogP contribution in [0.3, 0.4) is 0 Å². The van der Waals surface area contributed by atoms with Crippen molar-refractivity contribution in [3.05, 3.63) is 71.8 Å². The summed E-state index contributed by atoms with van der Waals surface area (Å²) in [5, 5.41) is 0.865. The SMILES string of the molecule is C[C@H](N=C1SCCN1C(=O)CCc1ccccc1)c1ccccc1. The lowest BCUT2D eigenvalue weighted by molar-refractivity contribution is -0.126. The third-order valence-corrected chi connectivity index (χ3v) is 5.11. The number of amides is 1. The van der Waals surface area contributed by atoms with Gasteiger partial charge < -0.3 is 0 Å². The van der Waals surface area contributed by atoms with Crippen molar-refractivity contribution >= 4 is 22.8 Å². The number of aliphatic imine (C=N–C) groups is 1. The number of thioether (sulfide) groups is 1. The van der Waals surface area contributed by atoms with Gasteiger partial charge in [0, 0.05) is 18.7 Å². The highest BCUT2D eigenvalue weighted by Gasteiger charge is 2.25. The molecule has 2 aromatic carbocycles. The number of hydrogen-bond acceptors (Lipinski definition) is 3. The van der Waals surface area contributed by atoms with Gasteiger partial charge in [-0.1, -0.05) is 72.4 Å². The van der Waals surface area contributed by atoms with Gasteiger partial charge in [-0.3, -0.25) is 14.7 Å². The Bertz CT molecular complexity index is 700. The number of carbonyl (C=O) groups is 1. The van der Waals surface area contributed by atoms with Gasteiger partial charge in [0.2, 0.25) is 5.91 Å². The zero-order valence-electron chi connectivity index (χ0n) is 13.9. The molecule has 3 rings (SSSR count). The fourth-order valence-electron chi connectivity index (χ4n) is 2.74. The van der Waals surface area contributed by atoms with E-state index in [9.17, 15) is 4.79 Å². The predicted octanol–water partition coefficient (Wildman–Crippen LogP) is 4.31. The number of hydrogen-bond donors (Lipinski definition) is 0. The topological polar surface area (TPSA) is 32.7 Å². The molecule has 124 valence electrons. The Balaban J connectivity index is 1.64. The van der Waals surface area contributed by atoms with Gasteiger partial charge in [0.1, 0.15) is 0 Å². The second-order valence-corrected chi connectivity index (χ2v) is 6.94. The lowest BCUT2D eigenvalue weighted by Crippen LogP contribution is -2.32. The van der Waals surface area contributed by atoms with E-state index >= 15 is 0 Å². The van der Waals surface area contributed by atoms with Gasteiger partial charge in [-0.15, -0.1) is 0 Å². The monoisotopic (exact) mass is 338 g/mol. The van der Waals surface area contributed by atoms with Gasteiger partial charge in [0.15, 0.2) is 5.17 Å². The molecule has 1 heterocycles. The second-order valence-electron chi connectivity index (χ2n) is 5.88. The summed E-state index contributed by atoms with van der Waals surface area (Å²) in [6.45, 7) is 2.84. The van der Waals surface area contributed by atoms with Crippen LogP contribution in [-0.2, 0) is 11.2 Å². The van der Waals surface area contributed by atoms with Crippen LogP contribution in [0.15, 0.2) is 65.7 Å². The molecule has 1 amide bonds. The fraction of sp³-hybridized carbons (Fsp3) is 0.300. The Kier molecular flexibility index (Phi) is 5.70. The molecule has 2 aromatic rings. The Labute approximate surface area is 147 Å². The standard InChI is InChI=1S/C20H22N2OS/c1-16(18-10-6-3-7-11-18)21-20-22(14-15-24-20)19(23)13-12-17-8-4-2-5-9-17/h2-11,16H,12-15H2,1H3/t16-/m0/s1. The summed E-state index contributed by atoms with van der Waals surface area (Å²) in [5.41, 5.74) is 2.38. The van der Waals surface area contributed by atoms with E-state index in [2.05, 4.69) is 31.2 Å². The predicted molar refractivity (Wildman–Crippen MR) is 101 cm³/mol. The highest BCUT2D eigenvalue weighted by Crippen LogP contribution is 2.24. The van der Waals surface area contributed by atoms with Crippen molar-refractivity contribution in [2.45, 2.75) is 25.8 Å². The van der Waals surface area contributed by atoms with E-state index in [4.69, 9.17) is 4.99 Å². The summed E-state index contributed by atoms with van der Waals surface area (Å²) in [6.07, 6.45) is 1.31. The molecule has 0 radical (unpaired) electrons. The van der Waals surface area contributed by atoms with Gasteiger partial charge in [-0.2, -0.15) is 0 Å². The van der Waals surface area contributed by atoms with Crippen LogP contribution in [0.5, 0.6) is 0 Å². The lowest BCUT2D eigenvalue weighted by atomic mass is 10.1. The van der Waals surface area contributed by atoms with Crippen LogP contribution in [0, 0.1) is 0 Å². The number of rotatable bonds is 5. The first-order valence-electron chi connectivity index (χ1n) is 8.34. The number of amidine groups is 1. The van der Waals surface area contributed by atoms with Crippen molar-refractivity contribution in [3.63, 3.8) is 0 Å². The van der Waals surface area contributed by atoms with Crippen LogP contribution in [-0.4, -0.2) is 28.3 Å². The zero-order chi connectivity index (χ0) is 16.8. The van der Waals surface area contributed by atoms with Crippen molar-refractivity contribution in [1.82, 2.24) is 4.90 Å².